The maximum absolute atomic E-state index is 10.2. The average molecular weight is 199 g/mol. The maximum Gasteiger partial charge on any atom is 0.209 e. The Kier molecular flexibility index (Phi) is 5.56. The molecule has 0 bridgehead atoms. The molecule has 1 N–H and O–H groups in total. The second-order valence-corrected chi connectivity index (χ2v) is 3.90. The van der Waals surface area contributed by atoms with Crippen molar-refractivity contribution >= 4 is 6.41 Å². The fourth-order valence-electron chi connectivity index (χ4n) is 1.55. The van der Waals surface area contributed by atoms with Crippen molar-refractivity contribution in [1.29, 1.82) is 0 Å². The minimum Gasteiger partial charge on any atom is -0.343 e. The van der Waals surface area contributed by atoms with E-state index in [4.69, 9.17) is 0 Å². The molecule has 0 aromatic carbocycles. The molecular formula is C10H21N3O. The molecule has 2 heterocycles. The van der Waals surface area contributed by atoms with Crippen molar-refractivity contribution in [2.75, 3.05) is 46.3 Å². The molecule has 2 aliphatic heterocycles. The van der Waals surface area contributed by atoms with Crippen LogP contribution in [0.25, 0.3) is 0 Å². The standard InChI is InChI=1S/C6H12N2O.C4H9N/c1-7-2-4-8(6-9)5-3-7;1-2-4-5-3-1/h6H,2-5H2,1H3;5H,1-4H2. The van der Waals surface area contributed by atoms with Gasteiger partial charge in [0.25, 0.3) is 0 Å². The summed E-state index contributed by atoms with van der Waals surface area (Å²) >= 11 is 0. The van der Waals surface area contributed by atoms with Crippen LogP contribution in [0.2, 0.25) is 0 Å². The molecule has 0 aromatic heterocycles. The second kappa shape index (κ2) is 6.79. The lowest BCUT2D eigenvalue weighted by atomic mass is 10.4. The first-order valence-electron chi connectivity index (χ1n) is 5.41. The summed E-state index contributed by atoms with van der Waals surface area (Å²) in [5, 5.41) is 3.22. The van der Waals surface area contributed by atoms with E-state index in [0.29, 0.717) is 0 Å². The number of rotatable bonds is 1. The number of nitrogens with zero attached hydrogens (tertiary/aromatic N) is 2. The molecule has 4 heteroatoms. The molecule has 82 valence electrons. The first kappa shape index (κ1) is 11.5. The van der Waals surface area contributed by atoms with E-state index in [1.165, 1.54) is 25.9 Å². The predicted octanol–water partition coefficient (Wildman–Crippen LogP) is -0.240. The van der Waals surface area contributed by atoms with Crippen LogP contribution in [0.15, 0.2) is 0 Å². The summed E-state index contributed by atoms with van der Waals surface area (Å²) in [6, 6.07) is 0. The highest BCUT2D eigenvalue weighted by Crippen LogP contribution is 1.94. The number of likely N-dealkylation sites (N-methyl/N-ethyl adjacent to an activating group) is 1. The quantitative estimate of drug-likeness (QED) is 0.592. The van der Waals surface area contributed by atoms with E-state index >= 15 is 0 Å². The van der Waals surface area contributed by atoms with Crippen molar-refractivity contribution < 1.29 is 4.79 Å². The minimum absolute atomic E-state index is 0.889. The highest BCUT2D eigenvalue weighted by atomic mass is 16.1. The SMILES string of the molecule is C1CCNC1.CN1CCN(C=O)CC1. The zero-order valence-electron chi connectivity index (χ0n) is 9.04. The Morgan fingerprint density at radius 3 is 2.00 bits per heavy atom. The van der Waals surface area contributed by atoms with Gasteiger partial charge in [-0.15, -0.1) is 0 Å². The molecule has 0 aromatic rings. The number of carbonyl (C=O) groups excluding carboxylic acids is 1. The molecule has 0 aliphatic carbocycles. The van der Waals surface area contributed by atoms with Crippen LogP contribution < -0.4 is 5.32 Å². The summed E-state index contributed by atoms with van der Waals surface area (Å²) in [4.78, 5) is 14.2. The van der Waals surface area contributed by atoms with Gasteiger partial charge in [0.15, 0.2) is 0 Å². The second-order valence-electron chi connectivity index (χ2n) is 3.90. The Morgan fingerprint density at radius 1 is 1.07 bits per heavy atom. The summed E-state index contributed by atoms with van der Waals surface area (Å²) in [7, 11) is 2.07. The van der Waals surface area contributed by atoms with Crippen LogP contribution in [0.5, 0.6) is 0 Å². The molecule has 14 heavy (non-hydrogen) atoms. The van der Waals surface area contributed by atoms with Crippen molar-refractivity contribution in [1.82, 2.24) is 15.1 Å². The van der Waals surface area contributed by atoms with E-state index in [-0.39, 0.29) is 0 Å². The zero-order valence-corrected chi connectivity index (χ0v) is 9.04. The zero-order chi connectivity index (χ0) is 10.2. The van der Waals surface area contributed by atoms with Gasteiger partial charge in [-0.2, -0.15) is 0 Å². The molecule has 0 spiro atoms. The molecule has 0 atom stereocenters. The molecule has 4 nitrogen and oxygen atoms in total. The van der Waals surface area contributed by atoms with Gasteiger partial charge in [0, 0.05) is 26.2 Å². The fourth-order valence-corrected chi connectivity index (χ4v) is 1.55. The third kappa shape index (κ3) is 4.58. The Bertz CT molecular complexity index is 144. The van der Waals surface area contributed by atoms with E-state index in [0.717, 1.165) is 32.6 Å². The Labute approximate surface area is 86.2 Å². The first-order chi connectivity index (χ1) is 6.83. The highest BCUT2D eigenvalue weighted by molar-refractivity contribution is 5.47. The van der Waals surface area contributed by atoms with Gasteiger partial charge in [0.05, 0.1) is 0 Å². The molecule has 0 radical (unpaired) electrons. The van der Waals surface area contributed by atoms with E-state index in [1.54, 1.807) is 4.90 Å². The predicted molar refractivity (Wildman–Crippen MR) is 57.2 cm³/mol. The smallest absolute Gasteiger partial charge is 0.209 e. The molecule has 0 saturated carbocycles. The summed E-state index contributed by atoms with van der Waals surface area (Å²) in [5.41, 5.74) is 0. The Balaban J connectivity index is 0.000000165. The molecule has 2 aliphatic rings. The summed E-state index contributed by atoms with van der Waals surface area (Å²) < 4.78 is 0. The number of piperazine rings is 1. The molecule has 1 amide bonds. The van der Waals surface area contributed by atoms with Crippen LogP contribution in [0.1, 0.15) is 12.8 Å². The van der Waals surface area contributed by atoms with Crippen LogP contribution in [0.3, 0.4) is 0 Å². The number of amides is 1. The molecule has 2 fully saturated rings. The summed E-state index contributed by atoms with van der Waals surface area (Å²) in [6.07, 6.45) is 3.70. The van der Waals surface area contributed by atoms with Gasteiger partial charge in [0.2, 0.25) is 6.41 Å². The van der Waals surface area contributed by atoms with E-state index in [2.05, 4.69) is 17.3 Å². The third-order valence-electron chi connectivity index (χ3n) is 2.64. The molecule has 2 saturated heterocycles. The monoisotopic (exact) mass is 199 g/mol. The third-order valence-corrected chi connectivity index (χ3v) is 2.64. The normalized spacial score (nSPS) is 22.8. The number of hydrogen-bond donors (Lipinski definition) is 1. The van der Waals surface area contributed by atoms with Crippen LogP contribution in [-0.2, 0) is 4.79 Å². The van der Waals surface area contributed by atoms with Crippen LogP contribution in [0, 0.1) is 0 Å². The Hall–Kier alpha value is -0.610. The molecule has 2 rings (SSSR count). The van der Waals surface area contributed by atoms with Gasteiger partial charge in [-0.25, -0.2) is 0 Å². The van der Waals surface area contributed by atoms with Crippen molar-refractivity contribution in [2.24, 2.45) is 0 Å². The lowest BCUT2D eigenvalue weighted by molar-refractivity contribution is -0.119. The average Bonchev–Trinajstić information content (AvgIpc) is 2.77. The van der Waals surface area contributed by atoms with Gasteiger partial charge in [0.1, 0.15) is 0 Å². The number of hydrogen-bond acceptors (Lipinski definition) is 3. The number of carbonyl (C=O) groups is 1. The molecule has 0 unspecified atom stereocenters. The van der Waals surface area contributed by atoms with Crippen LogP contribution >= 0.6 is 0 Å². The summed E-state index contributed by atoms with van der Waals surface area (Å²) in [6.45, 7) is 6.30. The lowest BCUT2D eigenvalue weighted by Gasteiger charge is -2.29. The molecular weight excluding hydrogens is 178 g/mol. The van der Waals surface area contributed by atoms with E-state index in [9.17, 15) is 4.79 Å². The van der Waals surface area contributed by atoms with E-state index in [1.807, 2.05) is 0 Å². The topological polar surface area (TPSA) is 35.6 Å². The highest BCUT2D eigenvalue weighted by Gasteiger charge is 2.10. The maximum atomic E-state index is 10.2. The lowest BCUT2D eigenvalue weighted by Crippen LogP contribution is -2.43. The first-order valence-corrected chi connectivity index (χ1v) is 5.41. The van der Waals surface area contributed by atoms with Crippen molar-refractivity contribution in [3.05, 3.63) is 0 Å². The van der Waals surface area contributed by atoms with Crippen molar-refractivity contribution in [3.63, 3.8) is 0 Å². The van der Waals surface area contributed by atoms with Gasteiger partial charge < -0.3 is 15.1 Å². The van der Waals surface area contributed by atoms with Gasteiger partial charge in [-0.05, 0) is 33.0 Å². The summed E-state index contributed by atoms with van der Waals surface area (Å²) in [5.74, 6) is 0. The van der Waals surface area contributed by atoms with Crippen molar-refractivity contribution in [2.45, 2.75) is 12.8 Å². The van der Waals surface area contributed by atoms with E-state index < -0.39 is 0 Å². The van der Waals surface area contributed by atoms with Crippen LogP contribution in [-0.4, -0.2) is 62.5 Å². The largest absolute Gasteiger partial charge is 0.343 e. The van der Waals surface area contributed by atoms with Gasteiger partial charge in [-0.1, -0.05) is 0 Å². The van der Waals surface area contributed by atoms with Gasteiger partial charge >= 0.3 is 0 Å². The fraction of sp³-hybridized carbons (Fsp3) is 0.900. The van der Waals surface area contributed by atoms with Crippen molar-refractivity contribution in [3.8, 4) is 0 Å². The van der Waals surface area contributed by atoms with Gasteiger partial charge in [-0.3, -0.25) is 4.79 Å². The van der Waals surface area contributed by atoms with Crippen LogP contribution in [0.4, 0.5) is 0 Å². The Morgan fingerprint density at radius 2 is 1.64 bits per heavy atom. The minimum atomic E-state index is 0.889. The number of nitrogens with one attached hydrogen (secondary N) is 1.